The number of amides is 1. The van der Waals surface area contributed by atoms with Gasteiger partial charge in [0.05, 0.1) is 5.56 Å². The first kappa shape index (κ1) is 17.3. The quantitative estimate of drug-likeness (QED) is 0.783. The van der Waals surface area contributed by atoms with Crippen LogP contribution >= 0.6 is 11.6 Å². The molecule has 23 heavy (non-hydrogen) atoms. The number of alkyl halides is 3. The fraction of sp³-hybridized carbons (Fsp3) is 0.235. The smallest absolute Gasteiger partial charge is 0.326 e. The van der Waals surface area contributed by atoms with Crippen molar-refractivity contribution in [1.29, 1.82) is 0 Å². The molecule has 0 atom stereocenters. The van der Waals surface area contributed by atoms with E-state index >= 15 is 0 Å². The Morgan fingerprint density at radius 2 is 1.61 bits per heavy atom. The van der Waals surface area contributed by atoms with E-state index < -0.39 is 11.7 Å². The second kappa shape index (κ2) is 7.51. The molecule has 0 aliphatic heterocycles. The first-order valence-electron chi connectivity index (χ1n) is 7.06. The topological polar surface area (TPSA) is 29.1 Å². The molecule has 0 unspecified atom stereocenters. The number of hydrogen-bond acceptors (Lipinski definition) is 1. The van der Waals surface area contributed by atoms with Crippen molar-refractivity contribution >= 4 is 23.2 Å². The van der Waals surface area contributed by atoms with Crippen LogP contribution in [0.15, 0.2) is 48.5 Å². The molecule has 0 bridgehead atoms. The van der Waals surface area contributed by atoms with E-state index in [0.717, 1.165) is 24.1 Å². The lowest BCUT2D eigenvalue weighted by molar-refractivity contribution is -0.137. The van der Waals surface area contributed by atoms with Crippen LogP contribution in [0.2, 0.25) is 5.02 Å². The van der Waals surface area contributed by atoms with E-state index in [0.29, 0.717) is 23.6 Å². The number of rotatable bonds is 5. The van der Waals surface area contributed by atoms with E-state index in [2.05, 4.69) is 5.32 Å². The SMILES string of the molecule is O=C(CCCc1ccc(Cl)cc1)Nc1ccc(C(F)(F)F)cc1. The van der Waals surface area contributed by atoms with Crippen LogP contribution in [0.5, 0.6) is 0 Å². The molecule has 0 saturated carbocycles. The molecule has 2 nitrogen and oxygen atoms in total. The Morgan fingerprint density at radius 3 is 2.17 bits per heavy atom. The summed E-state index contributed by atoms with van der Waals surface area (Å²) in [6, 6.07) is 11.8. The van der Waals surface area contributed by atoms with Crippen molar-refractivity contribution in [3.63, 3.8) is 0 Å². The van der Waals surface area contributed by atoms with Crippen LogP contribution in [-0.2, 0) is 17.4 Å². The minimum atomic E-state index is -4.37. The lowest BCUT2D eigenvalue weighted by Gasteiger charge is -2.09. The van der Waals surface area contributed by atoms with Crippen molar-refractivity contribution in [2.24, 2.45) is 0 Å². The number of carbonyl (C=O) groups is 1. The first-order chi connectivity index (χ1) is 10.8. The van der Waals surface area contributed by atoms with Gasteiger partial charge in [-0.3, -0.25) is 4.79 Å². The molecular formula is C17H15ClF3NO. The van der Waals surface area contributed by atoms with Crippen LogP contribution in [0.3, 0.4) is 0 Å². The van der Waals surface area contributed by atoms with Gasteiger partial charge in [-0.1, -0.05) is 23.7 Å². The summed E-state index contributed by atoms with van der Waals surface area (Å²) in [5.41, 5.74) is 0.699. The molecule has 6 heteroatoms. The summed E-state index contributed by atoms with van der Waals surface area (Å²) < 4.78 is 37.3. The van der Waals surface area contributed by atoms with Crippen molar-refractivity contribution in [3.8, 4) is 0 Å². The summed E-state index contributed by atoms with van der Waals surface area (Å²) in [6.45, 7) is 0. The van der Waals surface area contributed by atoms with Gasteiger partial charge >= 0.3 is 6.18 Å². The Hall–Kier alpha value is -2.01. The van der Waals surface area contributed by atoms with Gasteiger partial charge in [-0.15, -0.1) is 0 Å². The summed E-state index contributed by atoms with van der Waals surface area (Å²) >= 11 is 5.79. The molecule has 2 aromatic carbocycles. The predicted molar refractivity (Wildman–Crippen MR) is 84.5 cm³/mol. The average Bonchev–Trinajstić information content (AvgIpc) is 2.49. The lowest BCUT2D eigenvalue weighted by atomic mass is 10.1. The lowest BCUT2D eigenvalue weighted by Crippen LogP contribution is -2.12. The Labute approximate surface area is 137 Å². The van der Waals surface area contributed by atoms with Crippen molar-refractivity contribution in [1.82, 2.24) is 0 Å². The van der Waals surface area contributed by atoms with Gasteiger partial charge in [0.15, 0.2) is 0 Å². The molecule has 0 fully saturated rings. The summed E-state index contributed by atoms with van der Waals surface area (Å²) in [7, 11) is 0. The number of halogens is 4. The Bertz CT molecular complexity index is 651. The average molecular weight is 342 g/mol. The molecule has 2 rings (SSSR count). The number of aryl methyl sites for hydroxylation is 1. The second-order valence-electron chi connectivity index (χ2n) is 5.10. The van der Waals surface area contributed by atoms with E-state index in [1.165, 1.54) is 12.1 Å². The van der Waals surface area contributed by atoms with Crippen molar-refractivity contribution in [2.75, 3.05) is 5.32 Å². The molecule has 1 N–H and O–H groups in total. The maximum absolute atomic E-state index is 12.4. The first-order valence-corrected chi connectivity index (χ1v) is 7.44. The van der Waals surface area contributed by atoms with Crippen molar-refractivity contribution < 1.29 is 18.0 Å². The van der Waals surface area contributed by atoms with E-state index in [1.807, 2.05) is 12.1 Å². The predicted octanol–water partition coefficient (Wildman–Crippen LogP) is 5.32. The number of hydrogen-bond donors (Lipinski definition) is 1. The van der Waals surface area contributed by atoms with Crippen LogP contribution in [0.4, 0.5) is 18.9 Å². The Kier molecular flexibility index (Phi) is 5.66. The zero-order chi connectivity index (χ0) is 16.9. The van der Waals surface area contributed by atoms with Crippen LogP contribution in [0.1, 0.15) is 24.0 Å². The van der Waals surface area contributed by atoms with Gasteiger partial charge in [0, 0.05) is 17.1 Å². The standard InChI is InChI=1S/C17H15ClF3NO/c18-14-8-4-12(5-9-14)2-1-3-16(23)22-15-10-6-13(7-11-15)17(19,20)21/h4-11H,1-3H2,(H,22,23). The molecule has 0 radical (unpaired) electrons. The van der Waals surface area contributed by atoms with Crippen LogP contribution in [-0.4, -0.2) is 5.91 Å². The van der Waals surface area contributed by atoms with Gasteiger partial charge in [0.2, 0.25) is 5.91 Å². The van der Waals surface area contributed by atoms with E-state index in [-0.39, 0.29) is 5.91 Å². The van der Waals surface area contributed by atoms with Gasteiger partial charge < -0.3 is 5.32 Å². The molecule has 0 aromatic heterocycles. The number of carbonyl (C=O) groups excluding carboxylic acids is 1. The van der Waals surface area contributed by atoms with Gasteiger partial charge in [-0.25, -0.2) is 0 Å². The summed E-state index contributed by atoms with van der Waals surface area (Å²) in [4.78, 5) is 11.8. The highest BCUT2D eigenvalue weighted by Gasteiger charge is 2.29. The highest BCUT2D eigenvalue weighted by atomic mass is 35.5. The maximum atomic E-state index is 12.4. The normalized spacial score (nSPS) is 11.3. The van der Waals surface area contributed by atoms with Crippen LogP contribution < -0.4 is 5.32 Å². The molecule has 2 aromatic rings. The van der Waals surface area contributed by atoms with Crippen LogP contribution in [0.25, 0.3) is 0 Å². The minimum Gasteiger partial charge on any atom is -0.326 e. The number of nitrogens with one attached hydrogen (secondary N) is 1. The largest absolute Gasteiger partial charge is 0.416 e. The molecule has 0 heterocycles. The highest BCUT2D eigenvalue weighted by Crippen LogP contribution is 2.29. The zero-order valence-corrected chi connectivity index (χ0v) is 12.9. The second-order valence-corrected chi connectivity index (χ2v) is 5.54. The van der Waals surface area contributed by atoms with E-state index in [9.17, 15) is 18.0 Å². The number of anilines is 1. The fourth-order valence-corrected chi connectivity index (χ4v) is 2.20. The molecule has 0 aliphatic rings. The molecular weight excluding hydrogens is 327 g/mol. The summed E-state index contributed by atoms with van der Waals surface area (Å²) in [6.07, 6.45) is -2.70. The zero-order valence-electron chi connectivity index (χ0n) is 12.2. The van der Waals surface area contributed by atoms with Crippen LogP contribution in [0, 0.1) is 0 Å². The third kappa shape index (κ3) is 5.60. The van der Waals surface area contributed by atoms with Gasteiger partial charge in [0.1, 0.15) is 0 Å². The van der Waals surface area contributed by atoms with E-state index in [4.69, 9.17) is 11.6 Å². The summed E-state index contributed by atoms with van der Waals surface area (Å²) in [5, 5.41) is 3.25. The Morgan fingerprint density at radius 1 is 1.00 bits per heavy atom. The number of benzene rings is 2. The maximum Gasteiger partial charge on any atom is 0.416 e. The van der Waals surface area contributed by atoms with Gasteiger partial charge in [-0.2, -0.15) is 13.2 Å². The third-order valence-corrected chi connectivity index (χ3v) is 3.53. The third-order valence-electron chi connectivity index (χ3n) is 3.28. The highest BCUT2D eigenvalue weighted by molar-refractivity contribution is 6.30. The fourth-order valence-electron chi connectivity index (χ4n) is 2.07. The monoisotopic (exact) mass is 341 g/mol. The molecule has 1 amide bonds. The Balaban J connectivity index is 1.79. The molecule has 122 valence electrons. The van der Waals surface area contributed by atoms with Gasteiger partial charge in [0.25, 0.3) is 0 Å². The van der Waals surface area contributed by atoms with E-state index in [1.54, 1.807) is 12.1 Å². The van der Waals surface area contributed by atoms with Gasteiger partial charge in [-0.05, 0) is 54.8 Å². The van der Waals surface area contributed by atoms with Crippen molar-refractivity contribution in [2.45, 2.75) is 25.4 Å². The minimum absolute atomic E-state index is 0.223. The summed E-state index contributed by atoms with van der Waals surface area (Å²) in [5.74, 6) is -0.223. The molecule has 0 spiro atoms. The molecule has 0 aliphatic carbocycles. The molecule has 0 saturated heterocycles. The van der Waals surface area contributed by atoms with Crippen molar-refractivity contribution in [3.05, 3.63) is 64.7 Å².